The van der Waals surface area contributed by atoms with Crippen molar-refractivity contribution in [1.29, 1.82) is 0 Å². The zero-order valence-corrected chi connectivity index (χ0v) is 10.7. The maximum Gasteiger partial charge on any atom is 0.157 e. The average Bonchev–Trinajstić information content (AvgIpc) is 2.61. The summed E-state index contributed by atoms with van der Waals surface area (Å²) in [5, 5.41) is 7.50. The molecule has 1 N–H and O–H groups in total. The molecule has 0 bridgehead atoms. The van der Waals surface area contributed by atoms with E-state index < -0.39 is 0 Å². The van der Waals surface area contributed by atoms with E-state index in [0.29, 0.717) is 6.04 Å². The largest absolute Gasteiger partial charge is 0.486 e. The van der Waals surface area contributed by atoms with E-state index in [9.17, 15) is 0 Å². The number of hydrogen-bond donors (Lipinski definition) is 1. The molecule has 1 heterocycles. The Morgan fingerprint density at radius 3 is 2.75 bits per heavy atom. The van der Waals surface area contributed by atoms with Crippen molar-refractivity contribution >= 4 is 0 Å². The van der Waals surface area contributed by atoms with Crippen molar-refractivity contribution in [3.8, 4) is 5.75 Å². The van der Waals surface area contributed by atoms with Crippen molar-refractivity contribution in [2.45, 2.75) is 45.8 Å². The van der Waals surface area contributed by atoms with Crippen LogP contribution in [0, 0.1) is 0 Å². The minimum atomic E-state index is 0.233. The van der Waals surface area contributed by atoms with E-state index >= 15 is 0 Å². The summed E-state index contributed by atoms with van der Waals surface area (Å²) in [6, 6.07) is 0.497. The van der Waals surface area contributed by atoms with Gasteiger partial charge in [0.05, 0.1) is 12.4 Å². The van der Waals surface area contributed by atoms with E-state index in [0.717, 1.165) is 25.1 Å². The lowest BCUT2D eigenvalue weighted by molar-refractivity contribution is 0.183. The highest BCUT2D eigenvalue weighted by Crippen LogP contribution is 2.12. The second-order valence-corrected chi connectivity index (χ2v) is 4.44. The summed E-state index contributed by atoms with van der Waals surface area (Å²) < 4.78 is 7.64. The minimum Gasteiger partial charge on any atom is -0.486 e. The number of rotatable bonds is 7. The van der Waals surface area contributed by atoms with Crippen molar-refractivity contribution < 1.29 is 4.74 Å². The Morgan fingerprint density at radius 1 is 1.50 bits per heavy atom. The fraction of sp³-hybridized carbons (Fsp3) is 0.750. The molecule has 0 saturated heterocycles. The van der Waals surface area contributed by atoms with Gasteiger partial charge >= 0.3 is 0 Å². The molecule has 0 aliphatic heterocycles. The molecule has 0 spiro atoms. The lowest BCUT2D eigenvalue weighted by Gasteiger charge is -2.19. The molecule has 0 aliphatic rings. The van der Waals surface area contributed by atoms with Crippen LogP contribution < -0.4 is 10.1 Å². The molecule has 0 aliphatic carbocycles. The molecule has 4 heteroatoms. The van der Waals surface area contributed by atoms with E-state index in [1.165, 1.54) is 0 Å². The van der Waals surface area contributed by atoms with Crippen LogP contribution in [0.2, 0.25) is 0 Å². The Morgan fingerprint density at radius 2 is 2.25 bits per heavy atom. The smallest absolute Gasteiger partial charge is 0.157 e. The van der Waals surface area contributed by atoms with Crippen LogP contribution in [-0.4, -0.2) is 28.5 Å². The van der Waals surface area contributed by atoms with Crippen LogP contribution in [-0.2, 0) is 7.05 Å². The summed E-state index contributed by atoms with van der Waals surface area (Å²) in [5.41, 5.74) is 0. The molecular formula is C12H23N3O. The molecule has 1 atom stereocenters. The zero-order chi connectivity index (χ0) is 12.0. The summed E-state index contributed by atoms with van der Waals surface area (Å²) >= 11 is 0. The van der Waals surface area contributed by atoms with Gasteiger partial charge in [0.1, 0.15) is 6.10 Å². The first-order chi connectivity index (χ1) is 7.61. The van der Waals surface area contributed by atoms with Crippen molar-refractivity contribution in [2.75, 3.05) is 6.54 Å². The van der Waals surface area contributed by atoms with Crippen LogP contribution in [0.5, 0.6) is 5.75 Å². The van der Waals surface area contributed by atoms with Crippen LogP contribution in [0.25, 0.3) is 0 Å². The highest BCUT2D eigenvalue weighted by molar-refractivity contribution is 5.11. The van der Waals surface area contributed by atoms with Gasteiger partial charge in [0.15, 0.2) is 5.75 Å². The van der Waals surface area contributed by atoms with Crippen molar-refractivity contribution in [3.05, 3.63) is 12.4 Å². The maximum atomic E-state index is 5.88. The van der Waals surface area contributed by atoms with E-state index in [-0.39, 0.29) is 6.10 Å². The predicted molar refractivity (Wildman–Crippen MR) is 65.7 cm³/mol. The molecule has 0 aromatic carbocycles. The number of ether oxygens (including phenoxy) is 1. The fourth-order valence-electron chi connectivity index (χ4n) is 1.54. The van der Waals surface area contributed by atoms with Gasteiger partial charge in [0.25, 0.3) is 0 Å². The standard InChI is InChI=1S/C12H23N3O/c1-5-6-11(7-13-10(2)3)16-12-8-14-15(4)9-12/h8-11,13H,5-7H2,1-4H3. The van der Waals surface area contributed by atoms with Crippen LogP contribution >= 0.6 is 0 Å². The lowest BCUT2D eigenvalue weighted by atomic mass is 10.2. The van der Waals surface area contributed by atoms with Gasteiger partial charge in [-0.2, -0.15) is 5.10 Å². The quantitative estimate of drug-likeness (QED) is 0.771. The predicted octanol–water partition coefficient (Wildman–Crippen LogP) is 1.97. The number of nitrogens with zero attached hydrogens (tertiary/aromatic N) is 2. The van der Waals surface area contributed by atoms with Gasteiger partial charge < -0.3 is 10.1 Å². The molecule has 0 amide bonds. The molecule has 0 fully saturated rings. The van der Waals surface area contributed by atoms with Gasteiger partial charge in [-0.3, -0.25) is 4.68 Å². The second-order valence-electron chi connectivity index (χ2n) is 4.44. The topological polar surface area (TPSA) is 39.1 Å². The summed E-state index contributed by atoms with van der Waals surface area (Å²) in [6.07, 6.45) is 6.09. The zero-order valence-electron chi connectivity index (χ0n) is 10.7. The molecule has 1 unspecified atom stereocenters. The minimum absolute atomic E-state index is 0.233. The van der Waals surface area contributed by atoms with Crippen molar-refractivity contribution in [3.63, 3.8) is 0 Å². The normalized spacial score (nSPS) is 13.1. The van der Waals surface area contributed by atoms with E-state index in [4.69, 9.17) is 4.74 Å². The van der Waals surface area contributed by atoms with Crippen LogP contribution in [0.3, 0.4) is 0 Å². The number of aromatic nitrogens is 2. The fourth-order valence-corrected chi connectivity index (χ4v) is 1.54. The van der Waals surface area contributed by atoms with Crippen LogP contribution in [0.4, 0.5) is 0 Å². The van der Waals surface area contributed by atoms with Gasteiger partial charge in [-0.25, -0.2) is 0 Å². The third-order valence-corrected chi connectivity index (χ3v) is 2.35. The molecule has 16 heavy (non-hydrogen) atoms. The molecule has 92 valence electrons. The maximum absolute atomic E-state index is 5.88. The molecule has 4 nitrogen and oxygen atoms in total. The second kappa shape index (κ2) is 6.53. The Hall–Kier alpha value is -1.03. The Balaban J connectivity index is 2.43. The highest BCUT2D eigenvalue weighted by Gasteiger charge is 2.10. The monoisotopic (exact) mass is 225 g/mol. The molecule has 1 rings (SSSR count). The first-order valence-electron chi connectivity index (χ1n) is 6.00. The van der Waals surface area contributed by atoms with Crippen molar-refractivity contribution in [2.24, 2.45) is 7.05 Å². The van der Waals surface area contributed by atoms with Gasteiger partial charge in [-0.15, -0.1) is 0 Å². The van der Waals surface area contributed by atoms with Gasteiger partial charge in [0, 0.05) is 19.6 Å². The van der Waals surface area contributed by atoms with Gasteiger partial charge in [-0.05, 0) is 6.42 Å². The first kappa shape index (κ1) is 13.0. The lowest BCUT2D eigenvalue weighted by Crippen LogP contribution is -2.35. The summed E-state index contributed by atoms with van der Waals surface area (Å²) in [4.78, 5) is 0. The third kappa shape index (κ3) is 4.66. The van der Waals surface area contributed by atoms with E-state index in [2.05, 4.69) is 31.2 Å². The van der Waals surface area contributed by atoms with Gasteiger partial charge in [0.2, 0.25) is 0 Å². The van der Waals surface area contributed by atoms with Crippen molar-refractivity contribution in [1.82, 2.24) is 15.1 Å². The third-order valence-electron chi connectivity index (χ3n) is 2.35. The summed E-state index contributed by atoms with van der Waals surface area (Å²) in [5.74, 6) is 0.853. The molecular weight excluding hydrogens is 202 g/mol. The highest BCUT2D eigenvalue weighted by atomic mass is 16.5. The van der Waals surface area contributed by atoms with E-state index in [1.807, 2.05) is 13.2 Å². The summed E-state index contributed by atoms with van der Waals surface area (Å²) in [7, 11) is 1.90. The van der Waals surface area contributed by atoms with E-state index in [1.54, 1.807) is 10.9 Å². The van der Waals surface area contributed by atoms with Crippen LogP contribution in [0.15, 0.2) is 12.4 Å². The molecule has 0 saturated carbocycles. The molecule has 1 aromatic rings. The van der Waals surface area contributed by atoms with Gasteiger partial charge in [-0.1, -0.05) is 27.2 Å². The Bertz CT molecular complexity index is 296. The first-order valence-corrected chi connectivity index (χ1v) is 6.00. The van der Waals surface area contributed by atoms with Crippen LogP contribution in [0.1, 0.15) is 33.6 Å². The number of aryl methyl sites for hydroxylation is 1. The Kier molecular flexibility index (Phi) is 5.32. The molecule has 1 aromatic heterocycles. The summed E-state index contributed by atoms with van der Waals surface area (Å²) in [6.45, 7) is 7.36. The Labute approximate surface area is 98.0 Å². The molecule has 0 radical (unpaired) electrons. The number of nitrogens with one attached hydrogen (secondary N) is 1. The average molecular weight is 225 g/mol. The number of hydrogen-bond acceptors (Lipinski definition) is 3. The SMILES string of the molecule is CCCC(CNC(C)C)Oc1cnn(C)c1.